The van der Waals surface area contributed by atoms with E-state index >= 15 is 0 Å². The first-order chi connectivity index (χ1) is 9.75. The van der Waals surface area contributed by atoms with Crippen molar-refractivity contribution < 1.29 is 22.7 Å². The van der Waals surface area contributed by atoms with Crippen molar-refractivity contribution in [3.63, 3.8) is 0 Å². The Morgan fingerprint density at radius 1 is 1.38 bits per heavy atom. The highest BCUT2D eigenvalue weighted by Gasteiger charge is 2.36. The van der Waals surface area contributed by atoms with E-state index in [1.807, 2.05) is 0 Å². The molecule has 0 unspecified atom stereocenters. The van der Waals surface area contributed by atoms with Crippen LogP contribution in [0.25, 0.3) is 11.3 Å². The number of methoxy groups -OCH3 is 1. The maximum atomic E-state index is 13.0. The van der Waals surface area contributed by atoms with Gasteiger partial charge in [-0.3, -0.25) is 4.79 Å². The summed E-state index contributed by atoms with van der Waals surface area (Å²) in [6, 6.07) is 1.94. The van der Waals surface area contributed by atoms with Gasteiger partial charge in [-0.1, -0.05) is 11.6 Å². The molecule has 112 valence electrons. The van der Waals surface area contributed by atoms with Gasteiger partial charge in [-0.15, -0.1) is 0 Å². The number of alkyl halides is 3. The lowest BCUT2D eigenvalue weighted by Crippen LogP contribution is -2.13. The maximum Gasteiger partial charge on any atom is 0.420 e. The van der Waals surface area contributed by atoms with Crippen molar-refractivity contribution in [3.8, 4) is 17.0 Å². The molecular weight excluding hydrogens is 313 g/mol. The van der Waals surface area contributed by atoms with Crippen molar-refractivity contribution in [1.29, 1.82) is 0 Å². The van der Waals surface area contributed by atoms with E-state index in [4.69, 9.17) is 17.3 Å². The summed E-state index contributed by atoms with van der Waals surface area (Å²) in [5.41, 5.74) is 3.51. The summed E-state index contributed by atoms with van der Waals surface area (Å²) in [7, 11) is 1.07. The summed E-state index contributed by atoms with van der Waals surface area (Å²) in [4.78, 5) is 11.2. The van der Waals surface area contributed by atoms with E-state index in [-0.39, 0.29) is 22.0 Å². The third kappa shape index (κ3) is 2.77. The fraction of sp³-hybridized carbons (Fsp3) is 0.182. The molecule has 2 aromatic rings. The first-order valence-corrected chi connectivity index (χ1v) is 5.79. The Morgan fingerprint density at radius 2 is 2.05 bits per heavy atom. The second kappa shape index (κ2) is 5.24. The third-order valence-corrected chi connectivity index (χ3v) is 2.89. The van der Waals surface area contributed by atoms with Crippen molar-refractivity contribution in [3.05, 3.63) is 28.4 Å². The predicted octanol–water partition coefficient (Wildman–Crippen LogP) is 2.25. The number of carbonyl (C=O) groups is 1. The largest absolute Gasteiger partial charge is 0.495 e. The molecule has 0 aliphatic carbocycles. The van der Waals surface area contributed by atoms with Gasteiger partial charge in [0.15, 0.2) is 5.69 Å². The van der Waals surface area contributed by atoms with Gasteiger partial charge >= 0.3 is 6.18 Å². The van der Waals surface area contributed by atoms with E-state index < -0.39 is 23.4 Å². The first kappa shape index (κ1) is 15.1. The molecule has 0 aliphatic heterocycles. The van der Waals surface area contributed by atoms with Gasteiger partial charge in [0.05, 0.1) is 17.7 Å². The molecule has 2 rings (SSSR count). The van der Waals surface area contributed by atoms with Crippen molar-refractivity contribution in [2.24, 2.45) is 5.73 Å². The number of nitrogens with two attached hydrogens (primary N) is 1. The SMILES string of the molecule is COc1c(Cl)cc(-c2n[nH]nc2C(N)=O)cc1C(F)(F)F. The summed E-state index contributed by atoms with van der Waals surface area (Å²) >= 11 is 5.79. The topological polar surface area (TPSA) is 93.9 Å². The summed E-state index contributed by atoms with van der Waals surface area (Å²) in [5.74, 6) is -1.45. The lowest BCUT2D eigenvalue weighted by Gasteiger charge is -2.14. The summed E-state index contributed by atoms with van der Waals surface area (Å²) < 4.78 is 43.7. The summed E-state index contributed by atoms with van der Waals surface area (Å²) in [6.07, 6.45) is -4.69. The van der Waals surface area contributed by atoms with Crippen LogP contribution in [-0.4, -0.2) is 28.4 Å². The summed E-state index contributed by atoms with van der Waals surface area (Å²) in [6.45, 7) is 0. The monoisotopic (exact) mass is 320 g/mol. The molecule has 0 fully saturated rings. The van der Waals surface area contributed by atoms with Gasteiger partial charge in [0.2, 0.25) is 0 Å². The normalized spacial score (nSPS) is 11.5. The first-order valence-electron chi connectivity index (χ1n) is 5.41. The molecular formula is C11H8ClF3N4O2. The van der Waals surface area contributed by atoms with Crippen molar-refractivity contribution in [2.45, 2.75) is 6.18 Å². The molecule has 0 aliphatic rings. The smallest absolute Gasteiger partial charge is 0.420 e. The average Bonchev–Trinajstić information content (AvgIpc) is 2.85. The predicted molar refractivity (Wildman–Crippen MR) is 66.9 cm³/mol. The molecule has 0 spiro atoms. The fourth-order valence-corrected chi connectivity index (χ4v) is 2.05. The Balaban J connectivity index is 2.69. The molecule has 3 N–H and O–H groups in total. The Bertz CT molecular complexity index is 699. The zero-order chi connectivity index (χ0) is 15.8. The number of benzene rings is 1. The van der Waals surface area contributed by atoms with Crippen molar-refractivity contribution in [1.82, 2.24) is 15.4 Å². The van der Waals surface area contributed by atoms with Gasteiger partial charge in [-0.25, -0.2) is 0 Å². The van der Waals surface area contributed by atoms with E-state index in [0.717, 1.165) is 13.2 Å². The molecule has 0 saturated heterocycles. The Hall–Kier alpha value is -2.29. The zero-order valence-corrected chi connectivity index (χ0v) is 11.2. The highest BCUT2D eigenvalue weighted by Crippen LogP contribution is 2.42. The molecule has 1 amide bonds. The number of halogens is 4. The van der Waals surface area contributed by atoms with Gasteiger partial charge in [-0.05, 0) is 12.1 Å². The third-order valence-electron chi connectivity index (χ3n) is 2.61. The number of carbonyl (C=O) groups excluding carboxylic acids is 1. The van der Waals surface area contributed by atoms with E-state index in [9.17, 15) is 18.0 Å². The molecule has 0 atom stereocenters. The van der Waals surface area contributed by atoms with Crippen LogP contribution in [0.15, 0.2) is 12.1 Å². The van der Waals surface area contributed by atoms with Crippen LogP contribution >= 0.6 is 11.6 Å². The van der Waals surface area contributed by atoms with E-state index in [1.165, 1.54) is 6.07 Å². The lowest BCUT2D eigenvalue weighted by molar-refractivity contribution is -0.138. The average molecular weight is 321 g/mol. The minimum absolute atomic E-state index is 0.0596. The van der Waals surface area contributed by atoms with Crippen LogP contribution in [0.1, 0.15) is 16.1 Å². The van der Waals surface area contributed by atoms with E-state index in [0.29, 0.717) is 0 Å². The van der Waals surface area contributed by atoms with E-state index in [1.54, 1.807) is 0 Å². The second-order valence-corrected chi connectivity index (χ2v) is 4.33. The molecule has 6 nitrogen and oxygen atoms in total. The number of H-pyrrole nitrogens is 1. The van der Waals surface area contributed by atoms with Crippen LogP contribution in [0.5, 0.6) is 5.75 Å². The van der Waals surface area contributed by atoms with Gasteiger partial charge in [0.1, 0.15) is 11.4 Å². The summed E-state index contributed by atoms with van der Waals surface area (Å²) in [5, 5.41) is 8.96. The molecule has 0 saturated carbocycles. The van der Waals surface area contributed by atoms with E-state index in [2.05, 4.69) is 20.1 Å². The van der Waals surface area contributed by atoms with Gasteiger partial charge in [0.25, 0.3) is 5.91 Å². The lowest BCUT2D eigenvalue weighted by atomic mass is 10.0. The van der Waals surface area contributed by atoms with Crippen LogP contribution in [0.2, 0.25) is 5.02 Å². The zero-order valence-electron chi connectivity index (χ0n) is 10.5. The fourth-order valence-electron chi connectivity index (χ4n) is 1.75. The number of nitrogens with one attached hydrogen (secondary N) is 1. The minimum Gasteiger partial charge on any atom is -0.495 e. The molecule has 10 heteroatoms. The van der Waals surface area contributed by atoms with Gasteiger partial charge < -0.3 is 10.5 Å². The maximum absolute atomic E-state index is 13.0. The molecule has 1 aromatic heterocycles. The number of hydrogen-bond donors (Lipinski definition) is 2. The number of ether oxygens (including phenoxy) is 1. The Labute approximate surface area is 121 Å². The molecule has 1 aromatic carbocycles. The Morgan fingerprint density at radius 3 is 2.57 bits per heavy atom. The molecule has 1 heterocycles. The standard InChI is InChI=1S/C11H8ClF3N4O2/c1-21-9-5(11(13,14)15)2-4(3-6(9)12)7-8(10(16)20)18-19-17-7/h2-3H,1H3,(H2,16,20)(H,17,18,19). The number of nitrogens with zero attached hydrogens (tertiary/aromatic N) is 2. The van der Waals surface area contributed by atoms with Crippen LogP contribution in [0.4, 0.5) is 13.2 Å². The highest BCUT2D eigenvalue weighted by atomic mass is 35.5. The Kier molecular flexibility index (Phi) is 3.77. The van der Waals surface area contributed by atoms with Crippen LogP contribution < -0.4 is 10.5 Å². The van der Waals surface area contributed by atoms with Crippen molar-refractivity contribution in [2.75, 3.05) is 7.11 Å². The molecule has 0 bridgehead atoms. The highest BCUT2D eigenvalue weighted by molar-refractivity contribution is 6.32. The quantitative estimate of drug-likeness (QED) is 0.907. The van der Waals surface area contributed by atoms with Gasteiger partial charge in [0, 0.05) is 5.56 Å². The number of aromatic amines is 1. The molecule has 21 heavy (non-hydrogen) atoms. The van der Waals surface area contributed by atoms with Crippen LogP contribution in [0.3, 0.4) is 0 Å². The van der Waals surface area contributed by atoms with Crippen molar-refractivity contribution >= 4 is 17.5 Å². The minimum atomic E-state index is -4.69. The van der Waals surface area contributed by atoms with Crippen LogP contribution in [-0.2, 0) is 6.18 Å². The number of primary amides is 1. The number of amides is 1. The number of aromatic nitrogens is 3. The number of rotatable bonds is 3. The molecule has 0 radical (unpaired) electrons. The second-order valence-electron chi connectivity index (χ2n) is 3.92. The van der Waals surface area contributed by atoms with Crippen LogP contribution in [0, 0.1) is 0 Å². The number of hydrogen-bond acceptors (Lipinski definition) is 4. The van der Waals surface area contributed by atoms with Gasteiger partial charge in [-0.2, -0.15) is 28.6 Å².